The van der Waals surface area contributed by atoms with Crippen molar-refractivity contribution < 1.29 is 24.4 Å². The summed E-state index contributed by atoms with van der Waals surface area (Å²) in [5.74, 6) is -2.31. The number of aromatic nitrogens is 1. The third-order valence-corrected chi connectivity index (χ3v) is 2.56. The Labute approximate surface area is 117 Å². The number of hydrogen-bond donors (Lipinski definition) is 3. The summed E-state index contributed by atoms with van der Waals surface area (Å²) < 4.78 is 4.71. The van der Waals surface area contributed by atoms with E-state index in [2.05, 4.69) is 5.32 Å². The molecule has 0 spiro atoms. The molecule has 0 saturated carbocycles. The molecule has 0 aromatic carbocycles. The Morgan fingerprint density at radius 1 is 1.57 bits per heavy atom. The third-order valence-electron chi connectivity index (χ3n) is 2.56. The maximum Gasteiger partial charge on any atom is 0.326 e. The molecule has 1 rings (SSSR count). The number of hydrogen-bond acceptors (Lipinski definition) is 6. The van der Waals surface area contributed by atoms with Crippen molar-refractivity contribution in [1.29, 1.82) is 0 Å². The van der Waals surface area contributed by atoms with Crippen LogP contribution in [0.4, 0.5) is 5.69 Å². The molecule has 0 aliphatic rings. The zero-order chi connectivity index (χ0) is 16.0. The topological polar surface area (TPSA) is 152 Å². The van der Waals surface area contributed by atoms with Crippen molar-refractivity contribution in [3.05, 3.63) is 38.3 Å². The number of pyridine rings is 1. The average molecular weight is 299 g/mol. The first-order valence-corrected chi connectivity index (χ1v) is 5.76. The molecule has 1 aromatic heterocycles. The monoisotopic (exact) mass is 299 g/mol. The van der Waals surface area contributed by atoms with E-state index < -0.39 is 39.7 Å². The summed E-state index contributed by atoms with van der Waals surface area (Å²) in [5, 5.41) is 21.7. The van der Waals surface area contributed by atoms with E-state index in [0.29, 0.717) is 0 Å². The van der Waals surface area contributed by atoms with Crippen molar-refractivity contribution in [3.8, 4) is 0 Å². The number of carbonyl (C=O) groups is 2. The minimum absolute atomic E-state index is 0.00952. The van der Waals surface area contributed by atoms with Crippen molar-refractivity contribution >= 4 is 17.6 Å². The van der Waals surface area contributed by atoms with E-state index in [1.165, 1.54) is 7.11 Å². The highest BCUT2D eigenvalue weighted by atomic mass is 16.6. The second-order valence-corrected chi connectivity index (χ2v) is 4.00. The predicted molar refractivity (Wildman–Crippen MR) is 69.1 cm³/mol. The molecule has 3 N–H and O–H groups in total. The van der Waals surface area contributed by atoms with Crippen LogP contribution < -0.4 is 10.9 Å². The number of methoxy groups -OCH3 is 1. The van der Waals surface area contributed by atoms with E-state index in [4.69, 9.17) is 9.84 Å². The number of nitrogens with zero attached hydrogens (tertiary/aromatic N) is 1. The number of nitrogens with one attached hydrogen (secondary N) is 2. The van der Waals surface area contributed by atoms with Crippen molar-refractivity contribution in [2.24, 2.45) is 0 Å². The molecule has 10 heteroatoms. The highest BCUT2D eigenvalue weighted by Crippen LogP contribution is 2.08. The molecule has 1 amide bonds. The number of aliphatic carboxylic acids is 1. The minimum atomic E-state index is -1.30. The van der Waals surface area contributed by atoms with Crippen molar-refractivity contribution in [1.82, 2.24) is 10.3 Å². The SMILES string of the molecule is COCCC(NC(=O)c1cc([N+](=O)[O-])c[nH]c1=O)C(=O)O. The Balaban J connectivity index is 2.97. The molecule has 0 aliphatic heterocycles. The predicted octanol–water partition coefficient (Wildman–Crippen LogP) is -0.497. The fourth-order valence-corrected chi connectivity index (χ4v) is 1.48. The fourth-order valence-electron chi connectivity index (χ4n) is 1.48. The number of nitro groups is 1. The quantitative estimate of drug-likeness (QED) is 0.453. The van der Waals surface area contributed by atoms with Gasteiger partial charge >= 0.3 is 5.97 Å². The molecule has 10 nitrogen and oxygen atoms in total. The van der Waals surface area contributed by atoms with Gasteiger partial charge in [0.1, 0.15) is 11.6 Å². The Morgan fingerprint density at radius 2 is 2.24 bits per heavy atom. The number of rotatable bonds is 7. The Bertz CT molecular complexity index is 610. The van der Waals surface area contributed by atoms with Crippen molar-refractivity contribution in [2.45, 2.75) is 12.5 Å². The molecule has 114 valence electrons. The van der Waals surface area contributed by atoms with Gasteiger partial charge in [-0.15, -0.1) is 0 Å². The summed E-state index contributed by atoms with van der Waals surface area (Å²) in [7, 11) is 1.37. The van der Waals surface area contributed by atoms with Gasteiger partial charge in [-0.05, 0) is 0 Å². The summed E-state index contributed by atoms with van der Waals surface area (Å²) in [6.07, 6.45) is 0.836. The maximum absolute atomic E-state index is 11.9. The van der Waals surface area contributed by atoms with Gasteiger partial charge < -0.3 is 20.1 Å². The summed E-state index contributed by atoms with van der Waals surface area (Å²) in [5.41, 5.74) is -1.87. The molecule has 0 saturated heterocycles. The zero-order valence-corrected chi connectivity index (χ0v) is 11.0. The number of H-pyrrole nitrogens is 1. The summed E-state index contributed by atoms with van der Waals surface area (Å²) in [6, 6.07) is -0.486. The number of carboxylic acids is 1. The van der Waals surface area contributed by atoms with Crippen LogP contribution in [0, 0.1) is 10.1 Å². The van der Waals surface area contributed by atoms with Crippen LogP contribution in [0.3, 0.4) is 0 Å². The highest BCUT2D eigenvalue weighted by molar-refractivity contribution is 5.96. The Hall–Kier alpha value is -2.75. The zero-order valence-electron chi connectivity index (χ0n) is 11.0. The second-order valence-electron chi connectivity index (χ2n) is 4.00. The van der Waals surface area contributed by atoms with Gasteiger partial charge in [-0.2, -0.15) is 0 Å². The molecule has 1 heterocycles. The lowest BCUT2D eigenvalue weighted by molar-refractivity contribution is -0.385. The number of amides is 1. The lowest BCUT2D eigenvalue weighted by Crippen LogP contribution is -2.43. The van der Waals surface area contributed by atoms with Gasteiger partial charge in [-0.3, -0.25) is 19.7 Å². The smallest absolute Gasteiger partial charge is 0.326 e. The summed E-state index contributed by atoms with van der Waals surface area (Å²) in [4.78, 5) is 46.2. The van der Waals surface area contributed by atoms with E-state index >= 15 is 0 Å². The van der Waals surface area contributed by atoms with Crippen LogP contribution in [-0.2, 0) is 9.53 Å². The van der Waals surface area contributed by atoms with E-state index in [0.717, 1.165) is 12.3 Å². The van der Waals surface area contributed by atoms with Crippen LogP contribution in [0.1, 0.15) is 16.8 Å². The van der Waals surface area contributed by atoms with Gasteiger partial charge in [-0.25, -0.2) is 4.79 Å². The lowest BCUT2D eigenvalue weighted by atomic mass is 10.2. The van der Waals surface area contributed by atoms with Gasteiger partial charge in [0.05, 0.1) is 11.1 Å². The lowest BCUT2D eigenvalue weighted by Gasteiger charge is -2.13. The van der Waals surface area contributed by atoms with E-state index in [1.807, 2.05) is 4.98 Å². The van der Waals surface area contributed by atoms with Crippen LogP contribution in [0.25, 0.3) is 0 Å². The molecule has 0 fully saturated rings. The standard InChI is InChI=1S/C11H13N3O7/c1-21-3-2-8(11(17)18)13-10(16)7-4-6(14(19)20)5-12-9(7)15/h4-5,8H,2-3H2,1H3,(H,12,15)(H,13,16)(H,17,18). The summed E-state index contributed by atoms with van der Waals surface area (Å²) >= 11 is 0. The van der Waals surface area contributed by atoms with E-state index in [-0.39, 0.29) is 13.0 Å². The molecule has 1 aromatic rings. The summed E-state index contributed by atoms with van der Waals surface area (Å²) in [6.45, 7) is 0.0859. The number of carbonyl (C=O) groups excluding carboxylic acids is 1. The van der Waals surface area contributed by atoms with Crippen LogP contribution >= 0.6 is 0 Å². The van der Waals surface area contributed by atoms with Crippen LogP contribution in [0.2, 0.25) is 0 Å². The Kier molecular flexibility index (Phi) is 5.55. The van der Waals surface area contributed by atoms with Gasteiger partial charge in [0.2, 0.25) is 0 Å². The first-order valence-electron chi connectivity index (χ1n) is 5.76. The van der Waals surface area contributed by atoms with Gasteiger partial charge in [0.25, 0.3) is 17.2 Å². The maximum atomic E-state index is 11.9. The second kappa shape index (κ2) is 7.14. The first kappa shape index (κ1) is 16.3. The first-order chi connectivity index (χ1) is 9.86. The molecule has 0 bridgehead atoms. The van der Waals surface area contributed by atoms with Gasteiger partial charge in [0, 0.05) is 26.2 Å². The van der Waals surface area contributed by atoms with Crippen LogP contribution in [-0.4, -0.2) is 46.6 Å². The largest absolute Gasteiger partial charge is 0.480 e. The normalized spacial score (nSPS) is 11.7. The number of carboxylic acid groups (broad SMARTS) is 1. The van der Waals surface area contributed by atoms with Gasteiger partial charge in [0.15, 0.2) is 0 Å². The van der Waals surface area contributed by atoms with E-state index in [9.17, 15) is 24.5 Å². The molecular formula is C11H13N3O7. The van der Waals surface area contributed by atoms with Crippen LogP contribution in [0.15, 0.2) is 17.1 Å². The molecule has 21 heavy (non-hydrogen) atoms. The van der Waals surface area contributed by atoms with Crippen molar-refractivity contribution in [3.63, 3.8) is 0 Å². The minimum Gasteiger partial charge on any atom is -0.480 e. The highest BCUT2D eigenvalue weighted by Gasteiger charge is 2.23. The van der Waals surface area contributed by atoms with E-state index in [1.54, 1.807) is 0 Å². The number of ether oxygens (including phenoxy) is 1. The molecule has 0 aliphatic carbocycles. The van der Waals surface area contributed by atoms with Crippen LogP contribution in [0.5, 0.6) is 0 Å². The molecule has 1 atom stereocenters. The average Bonchev–Trinajstić information content (AvgIpc) is 2.42. The third kappa shape index (κ3) is 4.38. The van der Waals surface area contributed by atoms with Gasteiger partial charge in [-0.1, -0.05) is 0 Å². The molecular weight excluding hydrogens is 286 g/mol. The molecule has 0 radical (unpaired) electrons. The Morgan fingerprint density at radius 3 is 2.76 bits per heavy atom. The fraction of sp³-hybridized carbons (Fsp3) is 0.364. The van der Waals surface area contributed by atoms with Crippen molar-refractivity contribution in [2.75, 3.05) is 13.7 Å². The molecule has 1 unspecified atom stereocenters. The number of aromatic amines is 1.